The second-order valence-corrected chi connectivity index (χ2v) is 5.23. The zero-order valence-electron chi connectivity index (χ0n) is 10.7. The van der Waals surface area contributed by atoms with Crippen molar-refractivity contribution in [2.45, 2.75) is 6.92 Å². The first kappa shape index (κ1) is 13.8. The minimum Gasteiger partial charge on any atom is -0.368 e. The Morgan fingerprint density at radius 1 is 1.47 bits per heavy atom. The zero-order valence-corrected chi connectivity index (χ0v) is 12.2. The van der Waals surface area contributed by atoms with Gasteiger partial charge in [-0.15, -0.1) is 0 Å². The maximum atomic E-state index is 11.1. The van der Waals surface area contributed by atoms with E-state index in [4.69, 9.17) is 0 Å². The molecular formula is C13H15BrN4O. The van der Waals surface area contributed by atoms with Gasteiger partial charge in [-0.1, -0.05) is 0 Å². The van der Waals surface area contributed by atoms with Crippen LogP contribution >= 0.6 is 15.9 Å². The molecule has 0 spiro atoms. The summed E-state index contributed by atoms with van der Waals surface area (Å²) in [5, 5.41) is 15.3. The highest BCUT2D eigenvalue weighted by atomic mass is 79.9. The largest absolute Gasteiger partial charge is 0.368 e. The summed E-state index contributed by atoms with van der Waals surface area (Å²) in [6, 6.07) is 5.81. The van der Waals surface area contributed by atoms with Crippen molar-refractivity contribution in [1.29, 1.82) is 5.26 Å². The van der Waals surface area contributed by atoms with Gasteiger partial charge in [-0.2, -0.15) is 5.26 Å². The molecule has 1 aliphatic rings. The Morgan fingerprint density at radius 2 is 2.16 bits per heavy atom. The molecular weight excluding hydrogens is 308 g/mol. The van der Waals surface area contributed by atoms with Crippen molar-refractivity contribution < 1.29 is 4.79 Å². The van der Waals surface area contributed by atoms with Crippen LogP contribution in [0.4, 0.5) is 11.4 Å². The van der Waals surface area contributed by atoms with E-state index >= 15 is 0 Å². The van der Waals surface area contributed by atoms with E-state index < -0.39 is 0 Å². The maximum absolute atomic E-state index is 11.1. The van der Waals surface area contributed by atoms with E-state index in [1.54, 1.807) is 6.07 Å². The molecule has 0 saturated carbocycles. The lowest BCUT2D eigenvalue weighted by Gasteiger charge is -2.30. The normalized spacial score (nSPS) is 14.9. The van der Waals surface area contributed by atoms with Crippen molar-refractivity contribution in [2.75, 3.05) is 36.4 Å². The molecule has 1 saturated heterocycles. The summed E-state index contributed by atoms with van der Waals surface area (Å²) in [7, 11) is 0. The van der Waals surface area contributed by atoms with Gasteiger partial charge in [0.25, 0.3) is 0 Å². The van der Waals surface area contributed by atoms with Gasteiger partial charge in [-0.05, 0) is 28.1 Å². The van der Waals surface area contributed by atoms with E-state index in [1.165, 1.54) is 6.92 Å². The molecule has 5 nitrogen and oxygen atoms in total. The van der Waals surface area contributed by atoms with Crippen LogP contribution in [0.15, 0.2) is 16.6 Å². The SMILES string of the molecule is CC(=O)Nc1cc(C#N)c(N2CCNCC2)cc1Br. The molecule has 0 bridgehead atoms. The third kappa shape index (κ3) is 3.25. The van der Waals surface area contributed by atoms with Crippen LogP contribution in [0.5, 0.6) is 0 Å². The van der Waals surface area contributed by atoms with E-state index in [9.17, 15) is 10.1 Å². The quantitative estimate of drug-likeness (QED) is 0.869. The van der Waals surface area contributed by atoms with Crippen LogP contribution in [0.25, 0.3) is 0 Å². The maximum Gasteiger partial charge on any atom is 0.221 e. The lowest BCUT2D eigenvalue weighted by atomic mass is 10.1. The van der Waals surface area contributed by atoms with E-state index in [-0.39, 0.29) is 5.91 Å². The van der Waals surface area contributed by atoms with Gasteiger partial charge in [0.2, 0.25) is 5.91 Å². The number of halogens is 1. The van der Waals surface area contributed by atoms with Crippen molar-refractivity contribution in [3.8, 4) is 6.07 Å². The van der Waals surface area contributed by atoms with Crippen LogP contribution in [-0.4, -0.2) is 32.1 Å². The number of carbonyl (C=O) groups is 1. The highest BCUT2D eigenvalue weighted by Crippen LogP contribution is 2.31. The highest BCUT2D eigenvalue weighted by Gasteiger charge is 2.16. The molecule has 1 amide bonds. The molecule has 1 heterocycles. The molecule has 2 rings (SSSR count). The molecule has 100 valence electrons. The number of piperazine rings is 1. The van der Waals surface area contributed by atoms with Crippen LogP contribution in [-0.2, 0) is 4.79 Å². The monoisotopic (exact) mass is 322 g/mol. The van der Waals surface area contributed by atoms with Gasteiger partial charge in [0.15, 0.2) is 0 Å². The van der Waals surface area contributed by atoms with Crippen LogP contribution in [0.1, 0.15) is 12.5 Å². The number of hydrogen-bond acceptors (Lipinski definition) is 4. The number of nitrogens with zero attached hydrogens (tertiary/aromatic N) is 2. The first-order valence-corrected chi connectivity index (χ1v) is 6.88. The standard InChI is InChI=1S/C13H15BrN4O/c1-9(19)17-12-6-10(8-15)13(7-11(12)14)18-4-2-16-3-5-18/h6-7,16H,2-5H2,1H3,(H,17,19). The van der Waals surface area contributed by atoms with Crippen LogP contribution in [0.3, 0.4) is 0 Å². The van der Waals surface area contributed by atoms with Gasteiger partial charge in [-0.3, -0.25) is 4.79 Å². The minimum absolute atomic E-state index is 0.153. The summed E-state index contributed by atoms with van der Waals surface area (Å²) < 4.78 is 0.787. The van der Waals surface area contributed by atoms with E-state index in [0.717, 1.165) is 36.3 Å². The van der Waals surface area contributed by atoms with Crippen LogP contribution in [0, 0.1) is 11.3 Å². The average molecular weight is 323 g/mol. The minimum atomic E-state index is -0.153. The van der Waals surface area contributed by atoms with E-state index in [1.807, 2.05) is 6.07 Å². The Morgan fingerprint density at radius 3 is 2.74 bits per heavy atom. The molecule has 1 aliphatic heterocycles. The highest BCUT2D eigenvalue weighted by molar-refractivity contribution is 9.10. The smallest absolute Gasteiger partial charge is 0.221 e. The number of rotatable bonds is 2. The Bertz CT molecular complexity index is 532. The lowest BCUT2D eigenvalue weighted by molar-refractivity contribution is -0.114. The Hall–Kier alpha value is -1.58. The molecule has 0 unspecified atom stereocenters. The first-order chi connectivity index (χ1) is 9.11. The second-order valence-electron chi connectivity index (χ2n) is 4.38. The number of amides is 1. The first-order valence-electron chi connectivity index (χ1n) is 6.08. The summed E-state index contributed by atoms with van der Waals surface area (Å²) >= 11 is 3.44. The van der Waals surface area contributed by atoms with Gasteiger partial charge in [0.1, 0.15) is 6.07 Å². The van der Waals surface area contributed by atoms with Crippen LogP contribution < -0.4 is 15.5 Å². The number of hydrogen-bond donors (Lipinski definition) is 2. The lowest BCUT2D eigenvalue weighted by Crippen LogP contribution is -2.43. The molecule has 19 heavy (non-hydrogen) atoms. The Balaban J connectivity index is 2.36. The van der Waals surface area contributed by atoms with Gasteiger partial charge in [-0.25, -0.2) is 0 Å². The fourth-order valence-electron chi connectivity index (χ4n) is 2.11. The van der Waals surface area contributed by atoms with Crippen molar-refractivity contribution in [2.24, 2.45) is 0 Å². The van der Waals surface area contributed by atoms with Crippen molar-refractivity contribution in [3.63, 3.8) is 0 Å². The fourth-order valence-corrected chi connectivity index (χ4v) is 2.54. The van der Waals surface area contributed by atoms with E-state index in [2.05, 4.69) is 37.5 Å². The average Bonchev–Trinajstić information content (AvgIpc) is 2.41. The van der Waals surface area contributed by atoms with Crippen molar-refractivity contribution in [1.82, 2.24) is 5.32 Å². The number of benzene rings is 1. The molecule has 0 radical (unpaired) electrons. The number of carbonyl (C=O) groups excluding carboxylic acids is 1. The molecule has 6 heteroatoms. The molecule has 0 aromatic heterocycles. The Kier molecular flexibility index (Phi) is 4.40. The zero-order chi connectivity index (χ0) is 13.8. The molecule has 0 atom stereocenters. The van der Waals surface area contributed by atoms with E-state index in [0.29, 0.717) is 11.3 Å². The van der Waals surface area contributed by atoms with Crippen molar-refractivity contribution >= 4 is 33.2 Å². The van der Waals surface area contributed by atoms with Gasteiger partial charge < -0.3 is 15.5 Å². The summed E-state index contributed by atoms with van der Waals surface area (Å²) in [5.41, 5.74) is 2.11. The number of anilines is 2. The summed E-state index contributed by atoms with van der Waals surface area (Å²) in [5.74, 6) is -0.153. The second kappa shape index (κ2) is 6.04. The number of nitrogens with one attached hydrogen (secondary N) is 2. The molecule has 0 aliphatic carbocycles. The Labute approximate surface area is 120 Å². The predicted molar refractivity (Wildman–Crippen MR) is 78.2 cm³/mol. The topological polar surface area (TPSA) is 68.2 Å². The summed E-state index contributed by atoms with van der Waals surface area (Å²) in [6.45, 7) is 5.02. The molecule has 1 fully saturated rings. The molecule has 2 N–H and O–H groups in total. The summed E-state index contributed by atoms with van der Waals surface area (Å²) in [4.78, 5) is 13.3. The third-order valence-corrected chi connectivity index (χ3v) is 3.63. The summed E-state index contributed by atoms with van der Waals surface area (Å²) in [6.07, 6.45) is 0. The third-order valence-electron chi connectivity index (χ3n) is 2.97. The van der Waals surface area contributed by atoms with Gasteiger partial charge in [0, 0.05) is 37.6 Å². The molecule has 1 aromatic rings. The fraction of sp³-hybridized carbons (Fsp3) is 0.385. The number of nitriles is 1. The van der Waals surface area contributed by atoms with Gasteiger partial charge in [0.05, 0.1) is 16.9 Å². The van der Waals surface area contributed by atoms with Crippen LogP contribution in [0.2, 0.25) is 0 Å². The molecule has 1 aromatic carbocycles. The predicted octanol–water partition coefficient (Wildman–Crippen LogP) is 1.69. The van der Waals surface area contributed by atoms with Crippen molar-refractivity contribution in [3.05, 3.63) is 22.2 Å². The van der Waals surface area contributed by atoms with Gasteiger partial charge >= 0.3 is 0 Å².